The second-order valence-corrected chi connectivity index (χ2v) is 4.60. The molecule has 14 heavy (non-hydrogen) atoms. The van der Waals surface area contributed by atoms with Gasteiger partial charge in [0.05, 0.1) is 18.2 Å². The summed E-state index contributed by atoms with van der Waals surface area (Å²) >= 11 is 1.61. The van der Waals surface area contributed by atoms with Crippen molar-refractivity contribution in [2.45, 2.75) is 13.0 Å². The van der Waals surface area contributed by atoms with Crippen LogP contribution in [0.5, 0.6) is 0 Å². The van der Waals surface area contributed by atoms with Gasteiger partial charge >= 0.3 is 0 Å². The van der Waals surface area contributed by atoms with E-state index in [9.17, 15) is 5.11 Å². The Hall–Kier alpha value is -1.13. The molecule has 2 rings (SSSR count). The lowest BCUT2D eigenvalue weighted by molar-refractivity contribution is 0.215. The molecule has 0 amide bonds. The van der Waals surface area contributed by atoms with Crippen molar-refractivity contribution in [2.24, 2.45) is 7.05 Å². The van der Waals surface area contributed by atoms with Gasteiger partial charge in [-0.15, -0.1) is 11.3 Å². The molecule has 0 aliphatic carbocycles. The molecule has 0 saturated carbocycles. The molecule has 0 aromatic carbocycles. The Kier molecular flexibility index (Phi) is 2.39. The minimum atomic E-state index is -0.554. The number of aliphatic hydroxyl groups is 1. The predicted octanol–water partition coefficient (Wildman–Crippen LogP) is 1.87. The summed E-state index contributed by atoms with van der Waals surface area (Å²) < 4.78 is 1.83. The van der Waals surface area contributed by atoms with E-state index < -0.39 is 6.10 Å². The van der Waals surface area contributed by atoms with Crippen molar-refractivity contribution in [3.63, 3.8) is 0 Å². The minimum absolute atomic E-state index is 0.554. The third-order valence-corrected chi connectivity index (χ3v) is 3.22. The summed E-state index contributed by atoms with van der Waals surface area (Å²) in [6, 6.07) is 3.97. The maximum Gasteiger partial charge on any atom is 0.130 e. The van der Waals surface area contributed by atoms with Crippen molar-refractivity contribution in [3.05, 3.63) is 40.1 Å². The number of nitrogens with zero attached hydrogens (tertiary/aromatic N) is 2. The number of rotatable bonds is 2. The van der Waals surface area contributed by atoms with Crippen LogP contribution in [-0.4, -0.2) is 14.7 Å². The molecule has 1 N–H and O–H groups in total. The molecule has 3 nitrogen and oxygen atoms in total. The lowest BCUT2D eigenvalue weighted by Crippen LogP contribution is -2.02. The Morgan fingerprint density at radius 1 is 1.50 bits per heavy atom. The lowest BCUT2D eigenvalue weighted by atomic mass is 10.2. The number of aromatic nitrogens is 2. The topological polar surface area (TPSA) is 38.1 Å². The quantitative estimate of drug-likeness (QED) is 0.818. The monoisotopic (exact) mass is 208 g/mol. The Balaban J connectivity index is 2.33. The molecule has 0 spiro atoms. The molecule has 1 unspecified atom stereocenters. The summed E-state index contributed by atoms with van der Waals surface area (Å²) in [6.07, 6.45) is 2.83. The minimum Gasteiger partial charge on any atom is -0.381 e. The van der Waals surface area contributed by atoms with Gasteiger partial charge in [-0.3, -0.25) is 0 Å². The number of thiophene rings is 1. The Bertz CT molecular complexity index is 433. The van der Waals surface area contributed by atoms with E-state index in [0.717, 1.165) is 10.6 Å². The third kappa shape index (κ3) is 1.58. The highest BCUT2D eigenvalue weighted by Crippen LogP contribution is 2.27. The highest BCUT2D eigenvalue weighted by atomic mass is 32.1. The van der Waals surface area contributed by atoms with Gasteiger partial charge in [0.1, 0.15) is 6.10 Å². The Morgan fingerprint density at radius 3 is 2.79 bits per heavy atom. The number of aliphatic hydroxyl groups excluding tert-OH is 1. The average molecular weight is 208 g/mol. The summed E-state index contributed by atoms with van der Waals surface area (Å²) in [5.74, 6) is 0. The number of aryl methyl sites for hydroxylation is 2. The van der Waals surface area contributed by atoms with E-state index in [1.165, 1.54) is 4.88 Å². The van der Waals surface area contributed by atoms with E-state index in [1.54, 1.807) is 23.9 Å². The van der Waals surface area contributed by atoms with Gasteiger partial charge in [0.25, 0.3) is 0 Å². The van der Waals surface area contributed by atoms with Gasteiger partial charge in [-0.2, -0.15) is 0 Å². The Morgan fingerprint density at radius 2 is 2.29 bits per heavy atom. The zero-order chi connectivity index (χ0) is 10.1. The molecule has 74 valence electrons. The standard InChI is InChI=1S/C10H12N2OS/c1-7-3-4-9(14-7)10(13)8-5-11-6-12(8)2/h3-6,10,13H,1-2H3. The lowest BCUT2D eigenvalue weighted by Gasteiger charge is -2.08. The van der Waals surface area contributed by atoms with Gasteiger partial charge in [-0.25, -0.2) is 4.98 Å². The predicted molar refractivity (Wildman–Crippen MR) is 56.3 cm³/mol. The summed E-state index contributed by atoms with van der Waals surface area (Å²) in [5, 5.41) is 10.0. The van der Waals surface area contributed by atoms with E-state index in [0.29, 0.717) is 0 Å². The van der Waals surface area contributed by atoms with Gasteiger partial charge in [0, 0.05) is 16.8 Å². The van der Waals surface area contributed by atoms with Gasteiger partial charge in [0.15, 0.2) is 0 Å². The fourth-order valence-corrected chi connectivity index (χ4v) is 2.25. The van der Waals surface area contributed by atoms with E-state index in [2.05, 4.69) is 4.98 Å². The molecule has 2 aromatic rings. The molecule has 0 fully saturated rings. The van der Waals surface area contributed by atoms with Crippen LogP contribution in [0.15, 0.2) is 24.7 Å². The highest BCUT2D eigenvalue weighted by molar-refractivity contribution is 7.12. The van der Waals surface area contributed by atoms with Crippen molar-refractivity contribution in [1.82, 2.24) is 9.55 Å². The van der Waals surface area contributed by atoms with Crippen LogP contribution in [0.2, 0.25) is 0 Å². The molecular formula is C10H12N2OS. The van der Waals surface area contributed by atoms with Crippen molar-refractivity contribution in [3.8, 4) is 0 Å². The van der Waals surface area contributed by atoms with Crippen LogP contribution in [0.25, 0.3) is 0 Å². The van der Waals surface area contributed by atoms with Crippen LogP contribution < -0.4 is 0 Å². The first-order valence-electron chi connectivity index (χ1n) is 4.39. The van der Waals surface area contributed by atoms with Crippen LogP contribution in [0, 0.1) is 6.92 Å². The Labute approximate surface area is 86.7 Å². The van der Waals surface area contributed by atoms with Crippen molar-refractivity contribution < 1.29 is 5.11 Å². The molecule has 0 radical (unpaired) electrons. The van der Waals surface area contributed by atoms with E-state index >= 15 is 0 Å². The molecule has 2 heterocycles. The number of hydrogen-bond donors (Lipinski definition) is 1. The largest absolute Gasteiger partial charge is 0.381 e. The first kappa shape index (κ1) is 9.43. The van der Waals surface area contributed by atoms with Crippen LogP contribution in [0.1, 0.15) is 21.6 Å². The van der Waals surface area contributed by atoms with E-state index in [4.69, 9.17) is 0 Å². The summed E-state index contributed by atoms with van der Waals surface area (Å²) in [7, 11) is 1.88. The van der Waals surface area contributed by atoms with Crippen LogP contribution >= 0.6 is 11.3 Å². The molecular weight excluding hydrogens is 196 g/mol. The summed E-state index contributed by atoms with van der Waals surface area (Å²) in [4.78, 5) is 6.16. The van der Waals surface area contributed by atoms with Gasteiger partial charge in [0.2, 0.25) is 0 Å². The average Bonchev–Trinajstić information content (AvgIpc) is 2.73. The second-order valence-electron chi connectivity index (χ2n) is 3.28. The van der Waals surface area contributed by atoms with Crippen molar-refractivity contribution in [2.75, 3.05) is 0 Å². The zero-order valence-corrected chi connectivity index (χ0v) is 8.95. The SMILES string of the molecule is Cc1ccc(C(O)c2cncn2C)s1. The van der Waals surface area contributed by atoms with Crippen LogP contribution in [0.4, 0.5) is 0 Å². The number of hydrogen-bond acceptors (Lipinski definition) is 3. The fourth-order valence-electron chi connectivity index (χ4n) is 1.38. The zero-order valence-electron chi connectivity index (χ0n) is 8.14. The van der Waals surface area contributed by atoms with Crippen LogP contribution in [0.3, 0.4) is 0 Å². The highest BCUT2D eigenvalue weighted by Gasteiger charge is 2.14. The fraction of sp³-hybridized carbons (Fsp3) is 0.300. The van der Waals surface area contributed by atoms with E-state index in [-0.39, 0.29) is 0 Å². The van der Waals surface area contributed by atoms with Gasteiger partial charge in [-0.05, 0) is 19.1 Å². The number of imidazole rings is 1. The van der Waals surface area contributed by atoms with E-state index in [1.807, 2.05) is 30.7 Å². The molecule has 2 aromatic heterocycles. The van der Waals surface area contributed by atoms with Gasteiger partial charge < -0.3 is 9.67 Å². The maximum atomic E-state index is 10.0. The maximum absolute atomic E-state index is 10.0. The third-order valence-electron chi connectivity index (χ3n) is 2.16. The molecule has 4 heteroatoms. The molecule has 1 atom stereocenters. The molecule has 0 saturated heterocycles. The van der Waals surface area contributed by atoms with Crippen molar-refractivity contribution in [1.29, 1.82) is 0 Å². The molecule has 0 aliphatic rings. The molecule has 0 bridgehead atoms. The normalized spacial score (nSPS) is 13.1. The smallest absolute Gasteiger partial charge is 0.130 e. The van der Waals surface area contributed by atoms with Crippen LogP contribution in [-0.2, 0) is 7.05 Å². The first-order chi connectivity index (χ1) is 6.68. The summed E-state index contributed by atoms with van der Waals surface area (Å²) in [5.41, 5.74) is 0.826. The van der Waals surface area contributed by atoms with Crippen molar-refractivity contribution >= 4 is 11.3 Å². The summed E-state index contributed by atoms with van der Waals surface area (Å²) in [6.45, 7) is 2.03. The second kappa shape index (κ2) is 3.55. The molecule has 0 aliphatic heterocycles. The first-order valence-corrected chi connectivity index (χ1v) is 5.21. The van der Waals surface area contributed by atoms with Gasteiger partial charge in [-0.1, -0.05) is 0 Å².